The standard InChI is InChI=1S/C18H24N2OS/c1-3-15-7-9-16(10-8-15)20(18(21)5-4-12-19)13-17-11-6-14(2)22-17/h6-11H,3-5,12-13,19H2,1-2H3. The summed E-state index contributed by atoms with van der Waals surface area (Å²) >= 11 is 1.74. The molecular weight excluding hydrogens is 292 g/mol. The molecule has 1 aromatic heterocycles. The molecule has 0 aliphatic rings. The summed E-state index contributed by atoms with van der Waals surface area (Å²) in [6, 6.07) is 12.5. The van der Waals surface area contributed by atoms with E-state index in [9.17, 15) is 4.79 Å². The van der Waals surface area contributed by atoms with Gasteiger partial charge in [0.2, 0.25) is 5.91 Å². The van der Waals surface area contributed by atoms with E-state index in [4.69, 9.17) is 5.73 Å². The van der Waals surface area contributed by atoms with Gasteiger partial charge in [-0.05, 0) is 56.1 Å². The molecule has 0 radical (unpaired) electrons. The number of anilines is 1. The van der Waals surface area contributed by atoms with Crippen molar-refractivity contribution in [1.82, 2.24) is 0 Å². The summed E-state index contributed by atoms with van der Waals surface area (Å²) in [5.41, 5.74) is 7.79. The zero-order chi connectivity index (χ0) is 15.9. The summed E-state index contributed by atoms with van der Waals surface area (Å²) in [5.74, 6) is 0.140. The predicted molar refractivity (Wildman–Crippen MR) is 94.4 cm³/mol. The Morgan fingerprint density at radius 3 is 2.45 bits per heavy atom. The van der Waals surface area contributed by atoms with Gasteiger partial charge < -0.3 is 10.6 Å². The maximum absolute atomic E-state index is 12.5. The third-order valence-electron chi connectivity index (χ3n) is 3.66. The second-order valence-corrected chi connectivity index (χ2v) is 6.78. The molecule has 0 aliphatic heterocycles. The molecule has 1 heterocycles. The van der Waals surface area contributed by atoms with E-state index in [2.05, 4.69) is 38.1 Å². The fourth-order valence-electron chi connectivity index (χ4n) is 2.35. The first-order chi connectivity index (χ1) is 10.6. The summed E-state index contributed by atoms with van der Waals surface area (Å²) < 4.78 is 0. The third kappa shape index (κ3) is 4.42. The van der Waals surface area contributed by atoms with Crippen molar-refractivity contribution in [2.75, 3.05) is 11.4 Å². The molecule has 22 heavy (non-hydrogen) atoms. The minimum absolute atomic E-state index is 0.140. The minimum Gasteiger partial charge on any atom is -0.330 e. The number of hydrogen-bond acceptors (Lipinski definition) is 3. The molecule has 2 aromatic rings. The average Bonchev–Trinajstić information content (AvgIpc) is 2.95. The van der Waals surface area contributed by atoms with Crippen LogP contribution >= 0.6 is 11.3 Å². The SMILES string of the molecule is CCc1ccc(N(Cc2ccc(C)s2)C(=O)CCCN)cc1. The van der Waals surface area contributed by atoms with Gasteiger partial charge in [0.15, 0.2) is 0 Å². The van der Waals surface area contributed by atoms with Crippen molar-refractivity contribution in [2.45, 2.75) is 39.7 Å². The van der Waals surface area contributed by atoms with Crippen LogP contribution in [0, 0.1) is 6.92 Å². The first-order valence-corrected chi connectivity index (χ1v) is 8.60. The highest BCUT2D eigenvalue weighted by atomic mass is 32.1. The summed E-state index contributed by atoms with van der Waals surface area (Å²) in [6.45, 7) is 5.40. The lowest BCUT2D eigenvalue weighted by Gasteiger charge is -2.22. The van der Waals surface area contributed by atoms with Crippen molar-refractivity contribution < 1.29 is 4.79 Å². The van der Waals surface area contributed by atoms with Gasteiger partial charge in [-0.1, -0.05) is 19.1 Å². The van der Waals surface area contributed by atoms with Crippen molar-refractivity contribution in [1.29, 1.82) is 0 Å². The van der Waals surface area contributed by atoms with E-state index < -0.39 is 0 Å². The molecular formula is C18H24N2OS. The molecule has 118 valence electrons. The van der Waals surface area contributed by atoms with Crippen LogP contribution in [0.15, 0.2) is 36.4 Å². The second kappa shape index (κ2) is 8.11. The van der Waals surface area contributed by atoms with E-state index >= 15 is 0 Å². The Balaban J connectivity index is 2.21. The normalized spacial score (nSPS) is 10.7. The van der Waals surface area contributed by atoms with Crippen LogP contribution in [-0.2, 0) is 17.8 Å². The molecule has 2 N–H and O–H groups in total. The van der Waals surface area contributed by atoms with Gasteiger partial charge in [-0.25, -0.2) is 0 Å². The first-order valence-electron chi connectivity index (χ1n) is 7.78. The van der Waals surface area contributed by atoms with Crippen LogP contribution in [0.4, 0.5) is 5.69 Å². The van der Waals surface area contributed by atoms with Crippen molar-refractivity contribution >= 4 is 22.9 Å². The Hall–Kier alpha value is -1.65. The molecule has 4 heteroatoms. The summed E-state index contributed by atoms with van der Waals surface area (Å²) in [6.07, 6.45) is 2.23. The highest BCUT2D eigenvalue weighted by Crippen LogP contribution is 2.23. The number of amides is 1. The molecule has 1 aromatic carbocycles. The molecule has 3 nitrogen and oxygen atoms in total. The zero-order valence-corrected chi connectivity index (χ0v) is 14.2. The molecule has 0 atom stereocenters. The van der Waals surface area contributed by atoms with Crippen LogP contribution in [-0.4, -0.2) is 12.5 Å². The molecule has 1 amide bonds. The molecule has 0 spiro atoms. The molecule has 0 unspecified atom stereocenters. The fraction of sp³-hybridized carbons (Fsp3) is 0.389. The molecule has 0 aliphatic carbocycles. The summed E-state index contributed by atoms with van der Waals surface area (Å²) in [5, 5.41) is 0. The van der Waals surface area contributed by atoms with Crippen molar-refractivity contribution in [3.8, 4) is 0 Å². The van der Waals surface area contributed by atoms with E-state index in [1.54, 1.807) is 11.3 Å². The van der Waals surface area contributed by atoms with Gasteiger partial charge >= 0.3 is 0 Å². The maximum Gasteiger partial charge on any atom is 0.227 e. The van der Waals surface area contributed by atoms with Gasteiger partial charge in [0, 0.05) is 21.9 Å². The second-order valence-electron chi connectivity index (χ2n) is 5.40. The Kier molecular flexibility index (Phi) is 6.16. The Morgan fingerprint density at radius 1 is 1.18 bits per heavy atom. The smallest absolute Gasteiger partial charge is 0.227 e. The minimum atomic E-state index is 0.140. The summed E-state index contributed by atoms with van der Waals surface area (Å²) in [7, 11) is 0. The van der Waals surface area contributed by atoms with Crippen molar-refractivity contribution in [2.24, 2.45) is 5.73 Å². The van der Waals surface area contributed by atoms with Crippen LogP contribution in [0.2, 0.25) is 0 Å². The van der Waals surface area contributed by atoms with Gasteiger partial charge in [-0.3, -0.25) is 4.79 Å². The number of benzene rings is 1. The van der Waals surface area contributed by atoms with Crippen LogP contribution in [0.5, 0.6) is 0 Å². The van der Waals surface area contributed by atoms with Crippen LogP contribution in [0.3, 0.4) is 0 Å². The van der Waals surface area contributed by atoms with Gasteiger partial charge in [0.05, 0.1) is 6.54 Å². The van der Waals surface area contributed by atoms with Crippen LogP contribution in [0.1, 0.15) is 35.1 Å². The molecule has 2 rings (SSSR count). The fourth-order valence-corrected chi connectivity index (χ4v) is 3.23. The molecule has 0 fully saturated rings. The van der Waals surface area contributed by atoms with E-state index in [0.717, 1.165) is 18.5 Å². The average molecular weight is 316 g/mol. The Labute approximate surface area is 136 Å². The van der Waals surface area contributed by atoms with E-state index in [1.165, 1.54) is 15.3 Å². The van der Waals surface area contributed by atoms with Gasteiger partial charge in [0.25, 0.3) is 0 Å². The lowest BCUT2D eigenvalue weighted by Crippen LogP contribution is -2.30. The van der Waals surface area contributed by atoms with Crippen LogP contribution in [0.25, 0.3) is 0 Å². The maximum atomic E-state index is 12.5. The number of thiophene rings is 1. The van der Waals surface area contributed by atoms with Gasteiger partial charge in [-0.2, -0.15) is 0 Å². The predicted octanol–water partition coefficient (Wildman–Crippen LogP) is 3.89. The zero-order valence-electron chi connectivity index (χ0n) is 13.3. The number of carbonyl (C=O) groups excluding carboxylic acids is 1. The van der Waals surface area contributed by atoms with Crippen molar-refractivity contribution in [3.63, 3.8) is 0 Å². The summed E-state index contributed by atoms with van der Waals surface area (Å²) in [4.78, 5) is 16.9. The highest BCUT2D eigenvalue weighted by molar-refractivity contribution is 7.11. The molecule has 0 saturated heterocycles. The van der Waals surface area contributed by atoms with E-state index in [-0.39, 0.29) is 5.91 Å². The number of nitrogens with two attached hydrogens (primary N) is 1. The van der Waals surface area contributed by atoms with E-state index in [1.807, 2.05) is 17.0 Å². The molecule has 0 saturated carbocycles. The lowest BCUT2D eigenvalue weighted by molar-refractivity contribution is -0.118. The van der Waals surface area contributed by atoms with Gasteiger partial charge in [-0.15, -0.1) is 11.3 Å². The monoisotopic (exact) mass is 316 g/mol. The van der Waals surface area contributed by atoms with E-state index in [0.29, 0.717) is 19.5 Å². The third-order valence-corrected chi connectivity index (χ3v) is 4.65. The number of rotatable bonds is 7. The Bertz CT molecular complexity index is 604. The first kappa shape index (κ1) is 16.7. The Morgan fingerprint density at radius 2 is 1.91 bits per heavy atom. The quantitative estimate of drug-likeness (QED) is 0.842. The largest absolute Gasteiger partial charge is 0.330 e. The topological polar surface area (TPSA) is 46.3 Å². The number of aryl methyl sites for hydroxylation is 2. The number of carbonyl (C=O) groups is 1. The van der Waals surface area contributed by atoms with Crippen LogP contribution < -0.4 is 10.6 Å². The lowest BCUT2D eigenvalue weighted by atomic mass is 10.1. The van der Waals surface area contributed by atoms with Gasteiger partial charge in [0.1, 0.15) is 0 Å². The number of nitrogens with zero attached hydrogens (tertiary/aromatic N) is 1. The molecule has 0 bridgehead atoms. The van der Waals surface area contributed by atoms with Crippen molar-refractivity contribution in [3.05, 3.63) is 51.7 Å². The number of hydrogen-bond donors (Lipinski definition) is 1. The highest BCUT2D eigenvalue weighted by Gasteiger charge is 2.16.